The number of alkyl halides is 3. The molecule has 2 aromatic carbocycles. The van der Waals surface area contributed by atoms with Gasteiger partial charge in [0.1, 0.15) is 17.7 Å². The van der Waals surface area contributed by atoms with Crippen LogP contribution in [0.3, 0.4) is 0 Å². The van der Waals surface area contributed by atoms with Crippen molar-refractivity contribution in [3.8, 4) is 0 Å². The lowest BCUT2D eigenvalue weighted by atomic mass is 9.93. The number of hydrogen-bond donors (Lipinski definition) is 4. The second-order valence-corrected chi connectivity index (χ2v) is 11.7. The lowest BCUT2D eigenvalue weighted by molar-refractivity contribution is -0.139. The predicted molar refractivity (Wildman–Crippen MR) is 163 cm³/mol. The average Bonchev–Trinajstić information content (AvgIpc) is 3.40. The van der Waals surface area contributed by atoms with Crippen LogP contribution in [0.25, 0.3) is 10.2 Å². The molecule has 0 bridgehead atoms. The van der Waals surface area contributed by atoms with Gasteiger partial charge in [-0.3, -0.25) is 14.5 Å². The zero-order valence-corrected chi connectivity index (χ0v) is 24.8. The number of anilines is 4. The first kappa shape index (κ1) is 31.7. The molecule has 15 heteroatoms. The zero-order valence-electron chi connectivity index (χ0n) is 24.0. The van der Waals surface area contributed by atoms with Crippen molar-refractivity contribution in [2.45, 2.75) is 38.9 Å². The number of likely N-dealkylation sites (tertiary alicyclic amines) is 1. The highest BCUT2D eigenvalue weighted by molar-refractivity contribution is 7.18. The first-order valence-corrected chi connectivity index (χ1v) is 14.8. The van der Waals surface area contributed by atoms with Gasteiger partial charge in [-0.1, -0.05) is 12.1 Å². The predicted octanol–water partition coefficient (Wildman–Crippen LogP) is 6.36. The molecule has 5 N–H and O–H groups in total. The van der Waals surface area contributed by atoms with Gasteiger partial charge >= 0.3 is 18.2 Å². The molecule has 1 aliphatic heterocycles. The number of piperidine rings is 1. The summed E-state index contributed by atoms with van der Waals surface area (Å²) in [6.45, 7) is 2.64. The van der Waals surface area contributed by atoms with E-state index in [9.17, 15) is 32.7 Å². The van der Waals surface area contributed by atoms with Crippen LogP contribution in [0.5, 0.6) is 0 Å². The first-order chi connectivity index (χ1) is 21.3. The summed E-state index contributed by atoms with van der Waals surface area (Å²) in [5, 5.41) is 23.3. The van der Waals surface area contributed by atoms with Crippen LogP contribution in [-0.4, -0.2) is 56.1 Å². The largest absolute Gasteiger partial charge is 0.481 e. The second-order valence-electron chi connectivity index (χ2n) is 10.8. The van der Waals surface area contributed by atoms with Crippen molar-refractivity contribution in [3.05, 3.63) is 70.4 Å². The number of rotatable bonds is 8. The number of aromatic nitrogens is 2. The number of hydrogen-bond acceptors (Lipinski definition) is 8. The van der Waals surface area contributed by atoms with Gasteiger partial charge in [0.05, 0.1) is 21.6 Å². The van der Waals surface area contributed by atoms with Crippen LogP contribution in [0.1, 0.15) is 46.3 Å². The fourth-order valence-corrected chi connectivity index (χ4v) is 6.33. The lowest BCUT2D eigenvalue weighted by Crippen LogP contribution is -2.34. The molecule has 236 valence electrons. The smallest absolute Gasteiger partial charge is 0.416 e. The van der Waals surface area contributed by atoms with Crippen molar-refractivity contribution in [2.24, 2.45) is 5.92 Å². The first-order valence-electron chi connectivity index (χ1n) is 13.9. The molecular formula is C30H29F3N6O5S. The minimum absolute atomic E-state index is 0.00544. The maximum Gasteiger partial charge on any atom is 0.416 e. The molecule has 3 heterocycles. The van der Waals surface area contributed by atoms with Gasteiger partial charge in [-0.05, 0) is 74.2 Å². The molecule has 1 saturated heterocycles. The number of carboxylic acids is 1. The summed E-state index contributed by atoms with van der Waals surface area (Å²) < 4.78 is 42.9. The maximum absolute atomic E-state index is 14.1. The van der Waals surface area contributed by atoms with Crippen molar-refractivity contribution in [2.75, 3.05) is 29.0 Å². The quantitative estimate of drug-likeness (QED) is 0.171. The van der Waals surface area contributed by atoms with Crippen LogP contribution in [0, 0.1) is 12.8 Å². The van der Waals surface area contributed by atoms with E-state index in [2.05, 4.69) is 15.3 Å². The molecule has 0 atom stereocenters. The lowest BCUT2D eigenvalue weighted by Gasteiger charge is -2.32. The van der Waals surface area contributed by atoms with Gasteiger partial charge in [-0.15, -0.1) is 11.3 Å². The molecule has 5 rings (SSSR count). The molecule has 2 amide bonds. The van der Waals surface area contributed by atoms with Crippen LogP contribution in [0.2, 0.25) is 0 Å². The van der Waals surface area contributed by atoms with Gasteiger partial charge in [-0.25, -0.2) is 19.7 Å². The number of halogens is 3. The summed E-state index contributed by atoms with van der Waals surface area (Å²) in [6, 6.07) is 7.93. The molecular weight excluding hydrogens is 613 g/mol. The summed E-state index contributed by atoms with van der Waals surface area (Å²) in [5.74, 6) is -1.50. The Balaban J connectivity index is 1.37. The fraction of sp³-hybridized carbons (Fsp3) is 0.300. The number of aliphatic carboxylic acids is 1. The topological polar surface area (TPSA) is 162 Å². The highest BCUT2D eigenvalue weighted by Gasteiger charge is 2.35. The van der Waals surface area contributed by atoms with E-state index < -0.39 is 29.7 Å². The van der Waals surface area contributed by atoms with Crippen molar-refractivity contribution < 1.29 is 37.8 Å². The van der Waals surface area contributed by atoms with Crippen LogP contribution < -0.4 is 16.0 Å². The minimum atomic E-state index is -4.72. The van der Waals surface area contributed by atoms with Gasteiger partial charge in [0.15, 0.2) is 0 Å². The van der Waals surface area contributed by atoms with Crippen molar-refractivity contribution in [1.29, 1.82) is 0 Å². The summed E-state index contributed by atoms with van der Waals surface area (Å²) in [4.78, 5) is 47.5. The fourth-order valence-electron chi connectivity index (χ4n) is 5.44. The molecule has 0 unspecified atom stereocenters. The molecule has 0 saturated carbocycles. The monoisotopic (exact) mass is 642 g/mol. The van der Waals surface area contributed by atoms with E-state index in [0.29, 0.717) is 41.7 Å². The van der Waals surface area contributed by atoms with Gasteiger partial charge in [-0.2, -0.15) is 13.2 Å². The number of fused-ring (bicyclic) bond motifs is 1. The number of benzene rings is 2. The van der Waals surface area contributed by atoms with E-state index in [1.165, 1.54) is 41.9 Å². The van der Waals surface area contributed by atoms with Crippen molar-refractivity contribution in [3.63, 3.8) is 0 Å². The summed E-state index contributed by atoms with van der Waals surface area (Å²) in [7, 11) is 0. The SMILES string of the molecule is Cc1ccc(NC(=O)c2ccc(CN3CCC(CC(=O)O)CC3)c(C(F)(F)F)c2)cc1N(C(=O)O)c1csc2c(N)ncnc12. The van der Waals surface area contributed by atoms with E-state index in [1.54, 1.807) is 18.4 Å². The van der Waals surface area contributed by atoms with E-state index in [0.717, 1.165) is 11.0 Å². The summed E-state index contributed by atoms with van der Waals surface area (Å²) in [6.07, 6.45) is -3.62. The number of amides is 2. The molecule has 1 fully saturated rings. The number of aryl methyl sites for hydroxylation is 1. The molecule has 0 aliphatic carbocycles. The summed E-state index contributed by atoms with van der Waals surface area (Å²) >= 11 is 1.18. The van der Waals surface area contributed by atoms with Gasteiger partial charge < -0.3 is 21.3 Å². The number of carbonyl (C=O) groups is 3. The third-order valence-corrected chi connectivity index (χ3v) is 8.72. The molecule has 2 aromatic heterocycles. The van der Waals surface area contributed by atoms with Crippen LogP contribution >= 0.6 is 11.3 Å². The Hall–Kier alpha value is -4.76. The number of carbonyl (C=O) groups excluding carboxylic acids is 1. The van der Waals surface area contributed by atoms with Crippen molar-refractivity contribution >= 4 is 62.4 Å². The molecule has 11 nitrogen and oxygen atoms in total. The highest BCUT2D eigenvalue weighted by Crippen LogP contribution is 2.40. The highest BCUT2D eigenvalue weighted by atomic mass is 32.1. The third-order valence-electron chi connectivity index (χ3n) is 7.74. The molecule has 0 spiro atoms. The Kier molecular flexibility index (Phi) is 8.93. The number of nitrogens with one attached hydrogen (secondary N) is 1. The Bertz CT molecular complexity index is 1770. The second kappa shape index (κ2) is 12.7. The number of nitrogens with two attached hydrogens (primary N) is 1. The number of nitrogens with zero attached hydrogens (tertiary/aromatic N) is 4. The number of nitrogen functional groups attached to an aromatic ring is 1. The van der Waals surface area contributed by atoms with Crippen LogP contribution in [0.4, 0.5) is 40.8 Å². The Morgan fingerprint density at radius 1 is 1.09 bits per heavy atom. The minimum Gasteiger partial charge on any atom is -0.481 e. The molecule has 1 aliphatic rings. The van der Waals surface area contributed by atoms with Gasteiger partial charge in [0.25, 0.3) is 5.91 Å². The Morgan fingerprint density at radius 2 is 1.82 bits per heavy atom. The normalized spacial score (nSPS) is 14.4. The number of thiophene rings is 1. The molecule has 0 radical (unpaired) electrons. The number of carboxylic acid groups (broad SMARTS) is 2. The van der Waals surface area contributed by atoms with Gasteiger partial charge in [0, 0.05) is 29.6 Å². The van der Waals surface area contributed by atoms with E-state index in [1.807, 2.05) is 4.90 Å². The standard InChI is InChI=1S/C30H29F3N6O5S/c1-16-2-5-20(12-22(16)39(29(43)44)23-14-45-26-25(23)35-15-36-27(26)34)37-28(42)18-3-4-19(21(11-18)30(31,32)33)13-38-8-6-17(7-9-38)10-24(40)41/h2-5,11-12,14-15,17H,6-10,13H2,1H3,(H,37,42)(H,40,41)(H,43,44)(H2,34,35,36). The average molecular weight is 643 g/mol. The maximum atomic E-state index is 14.1. The van der Waals surface area contributed by atoms with E-state index in [4.69, 9.17) is 10.8 Å². The van der Waals surface area contributed by atoms with E-state index in [-0.39, 0.29) is 52.9 Å². The Labute approximate surface area is 259 Å². The van der Waals surface area contributed by atoms with Crippen molar-refractivity contribution in [1.82, 2.24) is 14.9 Å². The zero-order chi connectivity index (χ0) is 32.5. The molecule has 4 aromatic rings. The van der Waals surface area contributed by atoms with Gasteiger partial charge in [0.2, 0.25) is 0 Å². The Morgan fingerprint density at radius 3 is 2.49 bits per heavy atom. The third kappa shape index (κ3) is 6.99. The molecule has 45 heavy (non-hydrogen) atoms. The summed E-state index contributed by atoms with van der Waals surface area (Å²) in [5.41, 5.74) is 6.26. The van der Waals surface area contributed by atoms with E-state index >= 15 is 0 Å². The van der Waals surface area contributed by atoms with Crippen LogP contribution in [-0.2, 0) is 17.5 Å². The van der Waals surface area contributed by atoms with Crippen LogP contribution in [0.15, 0.2) is 48.1 Å².